The first kappa shape index (κ1) is 12.9. The number of nitrogens with zero attached hydrogens (tertiary/aromatic N) is 1. The Kier molecular flexibility index (Phi) is 2.86. The average Bonchev–Trinajstić information content (AvgIpc) is 2.87. The van der Waals surface area contributed by atoms with Gasteiger partial charge in [-0.3, -0.25) is 4.79 Å². The number of benzene rings is 1. The highest BCUT2D eigenvalue weighted by Crippen LogP contribution is 2.32. The van der Waals surface area contributed by atoms with Crippen molar-refractivity contribution in [1.82, 2.24) is 4.98 Å². The number of thiophene rings is 1. The van der Waals surface area contributed by atoms with Crippen LogP contribution in [0.5, 0.6) is 0 Å². The molecule has 0 aliphatic rings. The van der Waals surface area contributed by atoms with Gasteiger partial charge < -0.3 is 4.42 Å². The van der Waals surface area contributed by atoms with E-state index >= 15 is 0 Å². The molecule has 0 spiro atoms. The first-order chi connectivity index (χ1) is 9.45. The van der Waals surface area contributed by atoms with Crippen molar-refractivity contribution in [3.63, 3.8) is 0 Å². The second-order valence-electron chi connectivity index (χ2n) is 4.02. The third-order valence-electron chi connectivity index (χ3n) is 2.67. The number of hydrogen-bond acceptors (Lipinski definition) is 4. The second-order valence-corrected chi connectivity index (χ2v) is 4.93. The molecule has 0 atom stereocenters. The molecule has 0 radical (unpaired) electrons. The molecule has 0 aliphatic heterocycles. The number of fused-ring (bicyclic) bond motifs is 1. The van der Waals surface area contributed by atoms with E-state index in [4.69, 9.17) is 4.42 Å². The molecule has 3 rings (SSSR count). The van der Waals surface area contributed by atoms with Gasteiger partial charge in [0.2, 0.25) is 5.89 Å². The molecule has 3 aromatic rings. The summed E-state index contributed by atoms with van der Waals surface area (Å²) in [6.07, 6.45) is -4.46. The van der Waals surface area contributed by atoms with Gasteiger partial charge in [-0.05, 0) is 29.6 Å². The SMILES string of the molecule is O=c1nc(-c2cccc(C(F)(F)F)c2)oc2ccsc12. The van der Waals surface area contributed by atoms with Crippen molar-refractivity contribution in [3.05, 3.63) is 51.6 Å². The zero-order valence-corrected chi connectivity index (χ0v) is 10.6. The van der Waals surface area contributed by atoms with Crippen molar-refractivity contribution in [2.24, 2.45) is 0 Å². The van der Waals surface area contributed by atoms with Gasteiger partial charge in [-0.2, -0.15) is 18.2 Å². The molecule has 0 N–H and O–H groups in total. The molecule has 0 unspecified atom stereocenters. The molecule has 20 heavy (non-hydrogen) atoms. The normalized spacial score (nSPS) is 11.9. The lowest BCUT2D eigenvalue weighted by Gasteiger charge is -2.07. The Morgan fingerprint density at radius 3 is 2.75 bits per heavy atom. The first-order valence-corrected chi connectivity index (χ1v) is 6.39. The molecule has 7 heteroatoms. The van der Waals surface area contributed by atoms with Gasteiger partial charge in [0.15, 0.2) is 5.58 Å². The maximum Gasteiger partial charge on any atom is 0.416 e. The van der Waals surface area contributed by atoms with E-state index in [1.807, 2.05) is 0 Å². The fourth-order valence-corrected chi connectivity index (χ4v) is 2.46. The van der Waals surface area contributed by atoms with Crippen LogP contribution in [0.4, 0.5) is 13.2 Å². The number of alkyl halides is 3. The van der Waals surface area contributed by atoms with Crippen LogP contribution in [-0.4, -0.2) is 4.98 Å². The quantitative estimate of drug-likeness (QED) is 0.683. The maximum absolute atomic E-state index is 12.7. The summed E-state index contributed by atoms with van der Waals surface area (Å²) in [7, 11) is 0. The van der Waals surface area contributed by atoms with E-state index < -0.39 is 17.3 Å². The predicted molar refractivity (Wildman–Crippen MR) is 68.6 cm³/mol. The van der Waals surface area contributed by atoms with Crippen molar-refractivity contribution < 1.29 is 17.6 Å². The van der Waals surface area contributed by atoms with Gasteiger partial charge in [0.05, 0.1) is 5.56 Å². The van der Waals surface area contributed by atoms with Gasteiger partial charge in [0.25, 0.3) is 5.56 Å². The largest absolute Gasteiger partial charge is 0.437 e. The molecule has 3 nitrogen and oxygen atoms in total. The topological polar surface area (TPSA) is 43.1 Å². The van der Waals surface area contributed by atoms with E-state index in [0.29, 0.717) is 10.3 Å². The molecule has 2 heterocycles. The first-order valence-electron chi connectivity index (χ1n) is 5.51. The summed E-state index contributed by atoms with van der Waals surface area (Å²) in [5.41, 5.74) is -0.883. The predicted octanol–water partition coefficient (Wildman–Crippen LogP) is 3.94. The molecule has 2 aromatic heterocycles. The lowest BCUT2D eigenvalue weighted by molar-refractivity contribution is -0.137. The van der Waals surface area contributed by atoms with E-state index in [9.17, 15) is 18.0 Å². The summed E-state index contributed by atoms with van der Waals surface area (Å²) >= 11 is 1.18. The second kappa shape index (κ2) is 4.45. The van der Waals surface area contributed by atoms with Crippen molar-refractivity contribution in [2.75, 3.05) is 0 Å². The zero-order chi connectivity index (χ0) is 14.3. The molecule has 0 fully saturated rings. The number of hydrogen-bond donors (Lipinski definition) is 0. The van der Waals surface area contributed by atoms with Crippen LogP contribution in [0.25, 0.3) is 21.7 Å². The smallest absolute Gasteiger partial charge is 0.416 e. The Bertz CT molecular complexity index is 835. The standard InChI is InChI=1S/C13H6F3NO2S/c14-13(15,16)8-3-1-2-7(6-8)12-17-11(18)10-9(19-12)4-5-20-10/h1-6H. The molecular formula is C13H6F3NO2S. The van der Waals surface area contributed by atoms with Gasteiger partial charge in [-0.25, -0.2) is 0 Å². The summed E-state index contributed by atoms with van der Waals surface area (Å²) in [4.78, 5) is 15.4. The summed E-state index contributed by atoms with van der Waals surface area (Å²) in [5, 5.41) is 1.66. The summed E-state index contributed by atoms with van der Waals surface area (Å²) in [6.45, 7) is 0. The van der Waals surface area contributed by atoms with Crippen molar-refractivity contribution in [2.45, 2.75) is 6.18 Å². The average molecular weight is 297 g/mol. The number of rotatable bonds is 1. The highest BCUT2D eigenvalue weighted by Gasteiger charge is 2.30. The van der Waals surface area contributed by atoms with Crippen LogP contribution in [0.15, 0.2) is 44.9 Å². The minimum absolute atomic E-state index is 0.116. The Balaban J connectivity index is 2.18. The minimum atomic E-state index is -4.46. The molecule has 0 aliphatic carbocycles. The number of aromatic nitrogens is 1. The molecule has 102 valence electrons. The van der Waals surface area contributed by atoms with Crippen LogP contribution < -0.4 is 5.56 Å². The van der Waals surface area contributed by atoms with E-state index in [1.165, 1.54) is 23.5 Å². The van der Waals surface area contributed by atoms with E-state index in [0.717, 1.165) is 12.1 Å². The molecule has 0 saturated heterocycles. The van der Waals surface area contributed by atoms with Crippen LogP contribution in [0.1, 0.15) is 5.56 Å². The summed E-state index contributed by atoms with van der Waals surface area (Å²) < 4.78 is 43.7. The Morgan fingerprint density at radius 2 is 2.00 bits per heavy atom. The lowest BCUT2D eigenvalue weighted by atomic mass is 10.1. The van der Waals surface area contributed by atoms with E-state index in [2.05, 4.69) is 4.98 Å². The van der Waals surface area contributed by atoms with Crippen LogP contribution in [0.3, 0.4) is 0 Å². The molecule has 0 saturated carbocycles. The number of halogens is 3. The van der Waals surface area contributed by atoms with Crippen molar-refractivity contribution in [1.29, 1.82) is 0 Å². The van der Waals surface area contributed by atoms with Crippen LogP contribution >= 0.6 is 11.3 Å². The highest BCUT2D eigenvalue weighted by atomic mass is 32.1. The fourth-order valence-electron chi connectivity index (χ4n) is 1.76. The maximum atomic E-state index is 12.7. The lowest BCUT2D eigenvalue weighted by Crippen LogP contribution is -2.07. The Labute approximate surface area is 114 Å². The van der Waals surface area contributed by atoms with Gasteiger partial charge in [0.1, 0.15) is 4.70 Å². The van der Waals surface area contributed by atoms with Gasteiger partial charge in [-0.15, -0.1) is 11.3 Å². The Hall–Kier alpha value is -2.15. The third-order valence-corrected chi connectivity index (χ3v) is 3.55. The molecule has 1 aromatic carbocycles. The third kappa shape index (κ3) is 2.20. The fraction of sp³-hybridized carbons (Fsp3) is 0.0769. The molecule has 0 amide bonds. The summed E-state index contributed by atoms with van der Waals surface area (Å²) in [6, 6.07) is 6.10. The van der Waals surface area contributed by atoms with Crippen molar-refractivity contribution >= 4 is 21.6 Å². The van der Waals surface area contributed by atoms with Crippen LogP contribution in [-0.2, 0) is 6.18 Å². The molecular weight excluding hydrogens is 291 g/mol. The van der Waals surface area contributed by atoms with Crippen molar-refractivity contribution in [3.8, 4) is 11.5 Å². The highest BCUT2D eigenvalue weighted by molar-refractivity contribution is 7.17. The van der Waals surface area contributed by atoms with Gasteiger partial charge in [-0.1, -0.05) is 6.07 Å². The van der Waals surface area contributed by atoms with E-state index in [1.54, 1.807) is 11.4 Å². The summed E-state index contributed by atoms with van der Waals surface area (Å²) in [5.74, 6) is -0.119. The minimum Gasteiger partial charge on any atom is -0.437 e. The van der Waals surface area contributed by atoms with Gasteiger partial charge in [0, 0.05) is 5.56 Å². The Morgan fingerprint density at radius 1 is 1.20 bits per heavy atom. The van der Waals surface area contributed by atoms with Crippen LogP contribution in [0.2, 0.25) is 0 Å². The van der Waals surface area contributed by atoms with Gasteiger partial charge >= 0.3 is 6.18 Å². The zero-order valence-electron chi connectivity index (χ0n) is 9.77. The van der Waals surface area contributed by atoms with E-state index in [-0.39, 0.29) is 11.5 Å². The molecule has 0 bridgehead atoms. The monoisotopic (exact) mass is 297 g/mol. The van der Waals surface area contributed by atoms with Crippen LogP contribution in [0, 0.1) is 0 Å².